The summed E-state index contributed by atoms with van der Waals surface area (Å²) in [7, 11) is 0. The topological polar surface area (TPSA) is 29.1 Å². The fourth-order valence-electron chi connectivity index (χ4n) is 1.34. The highest BCUT2D eigenvalue weighted by molar-refractivity contribution is 9.10. The largest absolute Gasteiger partial charge is 0.321 e. The lowest BCUT2D eigenvalue weighted by Gasteiger charge is -2.05. The maximum atomic E-state index is 11.9. The molecule has 0 aliphatic heterocycles. The van der Waals surface area contributed by atoms with E-state index in [2.05, 4.69) is 21.2 Å². The molecule has 0 radical (unpaired) electrons. The molecule has 0 bridgehead atoms. The van der Waals surface area contributed by atoms with Crippen LogP contribution in [0, 0.1) is 6.92 Å². The zero-order valence-electron chi connectivity index (χ0n) is 8.66. The summed E-state index contributed by atoms with van der Waals surface area (Å²) in [6, 6.07) is 7.56. The molecule has 0 spiro atoms. The molecule has 0 atom stereocenters. The van der Waals surface area contributed by atoms with Crippen molar-refractivity contribution in [2.24, 2.45) is 0 Å². The Morgan fingerprint density at radius 1 is 1.38 bits per heavy atom. The number of carbonyl (C=O) groups excluding carboxylic acids is 1. The first kappa shape index (κ1) is 11.4. The number of benzene rings is 1. The summed E-state index contributed by atoms with van der Waals surface area (Å²) in [6.45, 7) is 1.99. The van der Waals surface area contributed by atoms with Crippen LogP contribution in [0.1, 0.15) is 15.9 Å². The van der Waals surface area contributed by atoms with Crippen LogP contribution in [0.5, 0.6) is 0 Å². The third-order valence-corrected chi connectivity index (χ3v) is 3.49. The van der Waals surface area contributed by atoms with E-state index < -0.39 is 0 Å². The Kier molecular flexibility index (Phi) is 3.41. The van der Waals surface area contributed by atoms with Gasteiger partial charge in [0.15, 0.2) is 0 Å². The summed E-state index contributed by atoms with van der Waals surface area (Å²) in [4.78, 5) is 11.9. The predicted molar refractivity (Wildman–Crippen MR) is 71.2 cm³/mol. The van der Waals surface area contributed by atoms with Crippen molar-refractivity contribution in [1.82, 2.24) is 0 Å². The number of halogens is 1. The van der Waals surface area contributed by atoms with Gasteiger partial charge in [0.25, 0.3) is 5.91 Å². The Morgan fingerprint density at radius 2 is 2.19 bits per heavy atom. The standard InChI is InChI=1S/C12H10BrNOS/c1-8-2-3-10(11(13)6-8)12(15)14-9-4-5-16-7-9/h2-7H,1H3,(H,14,15). The van der Waals surface area contributed by atoms with Gasteiger partial charge in [0, 0.05) is 9.85 Å². The van der Waals surface area contributed by atoms with Crippen molar-refractivity contribution >= 4 is 38.9 Å². The summed E-state index contributed by atoms with van der Waals surface area (Å²) in [5.41, 5.74) is 2.61. The molecule has 0 fully saturated rings. The summed E-state index contributed by atoms with van der Waals surface area (Å²) in [6.07, 6.45) is 0. The van der Waals surface area contributed by atoms with Gasteiger partial charge in [0.05, 0.1) is 11.3 Å². The Hall–Kier alpha value is -1.13. The van der Waals surface area contributed by atoms with Gasteiger partial charge in [-0.15, -0.1) is 0 Å². The molecule has 16 heavy (non-hydrogen) atoms. The van der Waals surface area contributed by atoms with Crippen molar-refractivity contribution in [3.8, 4) is 0 Å². The number of aryl methyl sites for hydroxylation is 1. The number of amides is 1. The van der Waals surface area contributed by atoms with E-state index in [1.165, 1.54) is 0 Å². The second kappa shape index (κ2) is 4.80. The van der Waals surface area contributed by atoms with Crippen LogP contribution in [0.15, 0.2) is 39.5 Å². The third kappa shape index (κ3) is 2.51. The normalized spacial score (nSPS) is 10.1. The van der Waals surface area contributed by atoms with Gasteiger partial charge in [-0.25, -0.2) is 0 Å². The molecule has 1 heterocycles. The maximum Gasteiger partial charge on any atom is 0.256 e. The van der Waals surface area contributed by atoms with Crippen molar-refractivity contribution in [3.63, 3.8) is 0 Å². The second-order valence-electron chi connectivity index (χ2n) is 3.45. The van der Waals surface area contributed by atoms with Crippen LogP contribution in [0.3, 0.4) is 0 Å². The molecule has 2 rings (SSSR count). The molecule has 0 saturated heterocycles. The van der Waals surface area contributed by atoms with Crippen LogP contribution < -0.4 is 5.32 Å². The molecule has 0 unspecified atom stereocenters. The summed E-state index contributed by atoms with van der Waals surface area (Å²) in [5, 5.41) is 6.67. The molecule has 0 saturated carbocycles. The first-order valence-electron chi connectivity index (χ1n) is 4.76. The van der Waals surface area contributed by atoms with E-state index in [0.717, 1.165) is 15.7 Å². The van der Waals surface area contributed by atoms with Gasteiger partial charge in [0.1, 0.15) is 0 Å². The lowest BCUT2D eigenvalue weighted by Crippen LogP contribution is -2.11. The molecule has 1 amide bonds. The van der Waals surface area contributed by atoms with Gasteiger partial charge in [-0.1, -0.05) is 6.07 Å². The van der Waals surface area contributed by atoms with Crippen LogP contribution in [0.2, 0.25) is 0 Å². The van der Waals surface area contributed by atoms with Crippen LogP contribution in [-0.2, 0) is 0 Å². The van der Waals surface area contributed by atoms with Crippen molar-refractivity contribution in [1.29, 1.82) is 0 Å². The van der Waals surface area contributed by atoms with Crippen LogP contribution in [-0.4, -0.2) is 5.91 Å². The van der Waals surface area contributed by atoms with Crippen molar-refractivity contribution in [2.45, 2.75) is 6.92 Å². The Bertz CT molecular complexity index is 508. The third-order valence-electron chi connectivity index (χ3n) is 2.15. The molecule has 0 aliphatic carbocycles. The Morgan fingerprint density at radius 3 is 2.81 bits per heavy atom. The first-order chi connectivity index (χ1) is 7.66. The van der Waals surface area contributed by atoms with Crippen LogP contribution in [0.25, 0.3) is 0 Å². The van der Waals surface area contributed by atoms with Gasteiger partial charge in [-0.2, -0.15) is 11.3 Å². The number of nitrogens with one attached hydrogen (secondary N) is 1. The number of hydrogen-bond donors (Lipinski definition) is 1. The fourth-order valence-corrected chi connectivity index (χ4v) is 2.60. The summed E-state index contributed by atoms with van der Waals surface area (Å²) in [5.74, 6) is -0.0923. The molecular formula is C12H10BrNOS. The number of thiophene rings is 1. The molecule has 2 aromatic rings. The quantitative estimate of drug-likeness (QED) is 0.889. The molecule has 2 nitrogen and oxygen atoms in total. The van der Waals surface area contributed by atoms with E-state index in [9.17, 15) is 4.79 Å². The highest BCUT2D eigenvalue weighted by atomic mass is 79.9. The van der Waals surface area contributed by atoms with Crippen LogP contribution >= 0.6 is 27.3 Å². The smallest absolute Gasteiger partial charge is 0.256 e. The van der Waals surface area contributed by atoms with E-state index in [1.807, 2.05) is 41.9 Å². The zero-order chi connectivity index (χ0) is 11.5. The van der Waals surface area contributed by atoms with E-state index in [-0.39, 0.29) is 5.91 Å². The van der Waals surface area contributed by atoms with Crippen molar-refractivity contribution in [2.75, 3.05) is 5.32 Å². The molecule has 82 valence electrons. The van der Waals surface area contributed by atoms with Gasteiger partial charge in [-0.3, -0.25) is 4.79 Å². The highest BCUT2D eigenvalue weighted by Gasteiger charge is 2.10. The average Bonchev–Trinajstić information content (AvgIpc) is 2.70. The number of hydrogen-bond acceptors (Lipinski definition) is 2. The second-order valence-corrected chi connectivity index (χ2v) is 5.08. The van der Waals surface area contributed by atoms with E-state index >= 15 is 0 Å². The molecule has 1 aromatic heterocycles. The summed E-state index contributed by atoms with van der Waals surface area (Å²) < 4.78 is 0.820. The SMILES string of the molecule is Cc1ccc(C(=O)Nc2ccsc2)c(Br)c1. The van der Waals surface area contributed by atoms with Crippen molar-refractivity contribution < 1.29 is 4.79 Å². The first-order valence-corrected chi connectivity index (χ1v) is 6.50. The average molecular weight is 296 g/mol. The van der Waals surface area contributed by atoms with Gasteiger partial charge in [0.2, 0.25) is 0 Å². The monoisotopic (exact) mass is 295 g/mol. The molecule has 1 N–H and O–H groups in total. The minimum atomic E-state index is -0.0923. The van der Waals surface area contributed by atoms with Crippen molar-refractivity contribution in [3.05, 3.63) is 50.6 Å². The maximum absolute atomic E-state index is 11.9. The zero-order valence-corrected chi connectivity index (χ0v) is 11.1. The van der Waals surface area contributed by atoms with E-state index in [4.69, 9.17) is 0 Å². The molecule has 0 aliphatic rings. The highest BCUT2D eigenvalue weighted by Crippen LogP contribution is 2.20. The number of anilines is 1. The lowest BCUT2D eigenvalue weighted by atomic mass is 10.1. The number of rotatable bonds is 2. The Balaban J connectivity index is 2.21. The van der Waals surface area contributed by atoms with Crippen LogP contribution in [0.4, 0.5) is 5.69 Å². The van der Waals surface area contributed by atoms with E-state index in [1.54, 1.807) is 11.3 Å². The van der Waals surface area contributed by atoms with Gasteiger partial charge < -0.3 is 5.32 Å². The molecular weight excluding hydrogens is 286 g/mol. The van der Waals surface area contributed by atoms with Gasteiger partial charge >= 0.3 is 0 Å². The predicted octanol–water partition coefficient (Wildman–Crippen LogP) is 4.07. The minimum absolute atomic E-state index is 0.0923. The summed E-state index contributed by atoms with van der Waals surface area (Å²) >= 11 is 4.95. The van der Waals surface area contributed by atoms with Gasteiger partial charge in [-0.05, 0) is 52.0 Å². The minimum Gasteiger partial charge on any atom is -0.321 e. The number of carbonyl (C=O) groups is 1. The fraction of sp³-hybridized carbons (Fsp3) is 0.0833. The molecule has 1 aromatic carbocycles. The lowest BCUT2D eigenvalue weighted by molar-refractivity contribution is 0.102. The Labute approximate surface area is 106 Å². The molecule has 4 heteroatoms. The van der Waals surface area contributed by atoms with E-state index in [0.29, 0.717) is 5.56 Å².